The summed E-state index contributed by atoms with van der Waals surface area (Å²) in [6.07, 6.45) is -3.30. The predicted octanol–water partition coefficient (Wildman–Crippen LogP) is 3.66. The average molecular weight is 284 g/mol. The van der Waals surface area contributed by atoms with E-state index < -0.39 is 97.1 Å². The van der Waals surface area contributed by atoms with Crippen molar-refractivity contribution in [2.75, 3.05) is 27.2 Å². The minimum Gasteiger partial charge on any atom is -0.367 e. The lowest BCUT2D eigenvalue weighted by molar-refractivity contribution is 0.0683. The van der Waals surface area contributed by atoms with Gasteiger partial charge < -0.3 is 9.64 Å². The van der Waals surface area contributed by atoms with E-state index in [1.165, 1.54) is 19.0 Å². The molecule has 2 aromatic carbocycles. The Kier molecular flexibility index (Phi) is 1.69. The first-order chi connectivity index (χ1) is 15.7. The number of hydrogen-bond donors (Lipinski definition) is 0. The lowest BCUT2D eigenvalue weighted by atomic mass is 9.97. The van der Waals surface area contributed by atoms with Gasteiger partial charge in [-0.1, -0.05) is 54.4 Å². The summed E-state index contributed by atoms with van der Waals surface area (Å²) < 4.78 is 127. The van der Waals surface area contributed by atoms with Crippen molar-refractivity contribution < 1.29 is 25.3 Å². The summed E-state index contributed by atoms with van der Waals surface area (Å²) in [7, 11) is 2.92. The fourth-order valence-electron chi connectivity index (χ4n) is 1.31. The third kappa shape index (κ3) is 3.92. The molecule has 2 heteroatoms. The molecular formula is C18H23NO. The molecule has 0 spiro atoms. The highest BCUT2D eigenvalue weighted by atomic mass is 16.5. The Bertz CT molecular complexity index is 1130. The molecule has 0 radical (unpaired) electrons. The monoisotopic (exact) mass is 284 g/mol. The lowest BCUT2D eigenvalue weighted by Crippen LogP contribution is -2.20. The highest BCUT2D eigenvalue weighted by Gasteiger charge is 2.16. The zero-order valence-electron chi connectivity index (χ0n) is 26.1. The maximum atomic E-state index is 9.13. The molecule has 2 nitrogen and oxygen atoms in total. The van der Waals surface area contributed by atoms with Crippen LogP contribution in [0.1, 0.15) is 43.3 Å². The average Bonchev–Trinajstić information content (AvgIpc) is 2.69. The molecule has 1 atom stereocenters. The van der Waals surface area contributed by atoms with Gasteiger partial charge in [0.15, 0.2) is 0 Å². The van der Waals surface area contributed by atoms with Crippen LogP contribution in [-0.4, -0.2) is 32.1 Å². The summed E-state index contributed by atoms with van der Waals surface area (Å²) in [5.41, 5.74) is -3.17. The van der Waals surface area contributed by atoms with E-state index in [1.807, 2.05) is 0 Å². The van der Waals surface area contributed by atoms with Crippen LogP contribution in [0.5, 0.6) is 0 Å². The molecular weight excluding hydrogens is 246 g/mol. The van der Waals surface area contributed by atoms with Gasteiger partial charge in [-0.15, -0.1) is 0 Å². The van der Waals surface area contributed by atoms with Crippen LogP contribution in [-0.2, 0) is 4.74 Å². The zero-order valence-corrected chi connectivity index (χ0v) is 11.1. The normalized spacial score (nSPS) is 26.2. The summed E-state index contributed by atoms with van der Waals surface area (Å²) in [6, 6.07) is -8.78. The van der Waals surface area contributed by atoms with Crippen LogP contribution in [0.15, 0.2) is 54.4 Å². The van der Waals surface area contributed by atoms with Gasteiger partial charge >= 0.3 is 0 Å². The van der Waals surface area contributed by atoms with E-state index in [1.54, 1.807) is 0 Å². The lowest BCUT2D eigenvalue weighted by Gasteiger charge is -2.22. The molecule has 0 amide bonds. The second-order valence-corrected chi connectivity index (χ2v) is 4.06. The van der Waals surface area contributed by atoms with Gasteiger partial charge in [-0.3, -0.25) is 0 Å². The first kappa shape index (κ1) is 4.69. The maximum Gasteiger partial charge on any atom is 0.108 e. The second kappa shape index (κ2) is 7.22. The number of hydrogen-bond acceptors (Lipinski definition) is 2. The number of ether oxygens (including phenoxy) is 1. The Labute approximate surface area is 143 Å². The van der Waals surface area contributed by atoms with Crippen molar-refractivity contribution in [2.45, 2.75) is 12.9 Å². The smallest absolute Gasteiger partial charge is 0.108 e. The SMILES string of the molecule is [2H]c1c([2H])c([2H])c(C([2H])(OC([2H])([2H])CN(C)C)c2c([2H])c([2H])c([2H])c([2H])c2C([2H])([2H])[2H])c([2H])c1[2H]. The highest BCUT2D eigenvalue weighted by Crippen LogP contribution is 2.28. The third-order valence-electron chi connectivity index (χ3n) is 2.20. The van der Waals surface area contributed by atoms with Crippen molar-refractivity contribution in [3.8, 4) is 0 Å². The first-order valence-electron chi connectivity index (χ1n) is 13.2. The molecule has 0 heterocycles. The molecule has 0 saturated heterocycles. The molecule has 1 unspecified atom stereocenters. The van der Waals surface area contributed by atoms with Crippen LogP contribution < -0.4 is 0 Å². The maximum absolute atomic E-state index is 9.13. The largest absolute Gasteiger partial charge is 0.367 e. The van der Waals surface area contributed by atoms with Crippen LogP contribution in [0.4, 0.5) is 0 Å². The van der Waals surface area contributed by atoms with Crippen molar-refractivity contribution in [1.29, 1.82) is 0 Å². The van der Waals surface area contributed by atoms with Gasteiger partial charge in [-0.25, -0.2) is 0 Å². The van der Waals surface area contributed by atoms with E-state index in [4.69, 9.17) is 25.3 Å². The number of likely N-dealkylation sites (N-methyl/N-ethyl adjacent to an activating group) is 1. The molecule has 0 aliphatic rings. The number of nitrogens with zero attached hydrogens (tertiary/aromatic N) is 1. The molecule has 0 aliphatic carbocycles. The molecule has 2 aromatic rings. The van der Waals surface area contributed by atoms with Crippen LogP contribution in [0, 0.1) is 6.85 Å². The molecule has 0 N–H and O–H groups in total. The Morgan fingerprint density at radius 2 is 1.90 bits per heavy atom. The molecule has 0 fully saturated rings. The summed E-state index contributed by atoms with van der Waals surface area (Å²) >= 11 is 0. The van der Waals surface area contributed by atoms with E-state index in [2.05, 4.69) is 0 Å². The van der Waals surface area contributed by atoms with E-state index in [0.29, 0.717) is 0 Å². The van der Waals surface area contributed by atoms with Gasteiger partial charge in [0.2, 0.25) is 0 Å². The second-order valence-electron chi connectivity index (χ2n) is 4.06. The van der Waals surface area contributed by atoms with Gasteiger partial charge in [-0.05, 0) is 37.6 Å². The predicted molar refractivity (Wildman–Crippen MR) is 84.0 cm³/mol. The van der Waals surface area contributed by atoms with Crippen molar-refractivity contribution >= 4 is 0 Å². The van der Waals surface area contributed by atoms with Gasteiger partial charge in [0, 0.05) is 10.7 Å². The summed E-state index contributed by atoms with van der Waals surface area (Å²) in [5, 5.41) is 0. The Morgan fingerprint density at radius 3 is 2.60 bits per heavy atom. The number of rotatable bonds is 6. The van der Waals surface area contributed by atoms with Crippen LogP contribution in [0.25, 0.3) is 0 Å². The highest BCUT2D eigenvalue weighted by molar-refractivity contribution is 5.35. The van der Waals surface area contributed by atoms with Crippen LogP contribution >= 0.6 is 0 Å². The standard InChI is InChI=1S/C18H23NO/c1-15-9-7-8-12-17(15)18(20-14-13-19(2)3)16-10-5-4-6-11-16/h4-12,18H,13-14H2,1-3H3/i1D3,4D,5D,6D,7D,8D,9D,10D,11D,12D,14D2,18D. The Morgan fingerprint density at radius 1 is 1.20 bits per heavy atom. The van der Waals surface area contributed by atoms with Crippen LogP contribution in [0.3, 0.4) is 0 Å². The molecule has 0 saturated carbocycles. The molecule has 0 bridgehead atoms. The van der Waals surface area contributed by atoms with E-state index in [9.17, 15) is 0 Å². The van der Waals surface area contributed by atoms with Crippen molar-refractivity contribution in [1.82, 2.24) is 4.90 Å². The molecule has 20 heavy (non-hydrogen) atoms. The van der Waals surface area contributed by atoms with Crippen molar-refractivity contribution in [3.05, 3.63) is 71.1 Å². The quantitative estimate of drug-likeness (QED) is 0.802. The minimum absolute atomic E-state index is 0.527. The van der Waals surface area contributed by atoms with Crippen LogP contribution in [0.2, 0.25) is 0 Å². The molecule has 2 rings (SSSR count). The summed E-state index contributed by atoms with van der Waals surface area (Å²) in [6.45, 7) is -6.61. The molecule has 106 valence electrons. The fourth-order valence-corrected chi connectivity index (χ4v) is 1.31. The summed E-state index contributed by atoms with van der Waals surface area (Å²) in [4.78, 5) is 1.31. The topological polar surface area (TPSA) is 12.5 Å². The molecule has 0 aliphatic heterocycles. The summed E-state index contributed by atoms with van der Waals surface area (Å²) in [5.74, 6) is 0. The van der Waals surface area contributed by atoms with Gasteiger partial charge in [-0.2, -0.15) is 0 Å². The van der Waals surface area contributed by atoms with Gasteiger partial charge in [0.25, 0.3) is 0 Å². The number of benzene rings is 2. The van der Waals surface area contributed by atoms with E-state index in [0.717, 1.165) is 0 Å². The van der Waals surface area contributed by atoms with Crippen molar-refractivity contribution in [2.24, 2.45) is 0 Å². The fraction of sp³-hybridized carbons (Fsp3) is 0.333. The third-order valence-corrected chi connectivity index (χ3v) is 2.20. The van der Waals surface area contributed by atoms with Crippen molar-refractivity contribution in [3.63, 3.8) is 0 Å². The molecule has 0 aromatic heterocycles. The Hall–Kier alpha value is -1.64. The van der Waals surface area contributed by atoms with E-state index in [-0.39, 0.29) is 0 Å². The zero-order chi connectivity index (χ0) is 27.4. The first-order valence-corrected chi connectivity index (χ1v) is 5.72. The minimum atomic E-state index is -3.30. The van der Waals surface area contributed by atoms with Gasteiger partial charge in [0.1, 0.15) is 6.08 Å². The van der Waals surface area contributed by atoms with E-state index >= 15 is 0 Å². The Balaban J connectivity index is 3.21. The van der Waals surface area contributed by atoms with Gasteiger partial charge in [0.05, 0.1) is 23.0 Å².